The number of aromatic nitrogens is 1. The number of hydrogen-bond acceptors (Lipinski definition) is 4. The monoisotopic (exact) mass is 223 g/mol. The van der Waals surface area contributed by atoms with E-state index in [4.69, 9.17) is 4.74 Å². The molecule has 4 heteroatoms. The fraction of sp³-hybridized carbons (Fsp3) is 0.500. The summed E-state index contributed by atoms with van der Waals surface area (Å²) < 4.78 is 4.79. The molecule has 1 heterocycles. The first-order valence-electron chi connectivity index (χ1n) is 5.46. The number of ether oxygens (including phenoxy) is 1. The standard InChI is InChI=1S/C12H17NO3/c1-3-9(10-7-5-6-8-13-10)11(14)12(15)16-4-2/h5-9,11,14H,3-4H2,1-2H3. The molecule has 4 nitrogen and oxygen atoms in total. The molecule has 0 aliphatic heterocycles. The van der Waals surface area contributed by atoms with E-state index in [0.717, 1.165) is 0 Å². The molecular weight excluding hydrogens is 206 g/mol. The van der Waals surface area contributed by atoms with Crippen molar-refractivity contribution in [2.75, 3.05) is 6.61 Å². The van der Waals surface area contributed by atoms with E-state index in [9.17, 15) is 9.90 Å². The topological polar surface area (TPSA) is 59.4 Å². The van der Waals surface area contributed by atoms with Crippen LogP contribution >= 0.6 is 0 Å². The van der Waals surface area contributed by atoms with Crippen molar-refractivity contribution < 1.29 is 14.6 Å². The Balaban J connectivity index is 2.78. The van der Waals surface area contributed by atoms with Crippen LogP contribution in [0.15, 0.2) is 24.4 Å². The smallest absolute Gasteiger partial charge is 0.335 e. The van der Waals surface area contributed by atoms with E-state index >= 15 is 0 Å². The van der Waals surface area contributed by atoms with Gasteiger partial charge in [0.25, 0.3) is 0 Å². The first-order valence-corrected chi connectivity index (χ1v) is 5.46. The predicted molar refractivity (Wildman–Crippen MR) is 59.9 cm³/mol. The molecule has 0 saturated heterocycles. The van der Waals surface area contributed by atoms with Crippen molar-refractivity contribution in [2.24, 2.45) is 0 Å². The van der Waals surface area contributed by atoms with Gasteiger partial charge in [0.1, 0.15) is 0 Å². The summed E-state index contributed by atoms with van der Waals surface area (Å²) in [6, 6.07) is 5.44. The van der Waals surface area contributed by atoms with Gasteiger partial charge in [0.15, 0.2) is 6.10 Å². The molecule has 0 spiro atoms. The second-order valence-corrected chi connectivity index (χ2v) is 3.47. The number of hydrogen-bond donors (Lipinski definition) is 1. The van der Waals surface area contributed by atoms with Gasteiger partial charge in [-0.3, -0.25) is 4.98 Å². The minimum atomic E-state index is -1.14. The molecule has 0 bridgehead atoms. The van der Waals surface area contributed by atoms with Crippen molar-refractivity contribution >= 4 is 5.97 Å². The highest BCUT2D eigenvalue weighted by atomic mass is 16.5. The van der Waals surface area contributed by atoms with Crippen LogP contribution < -0.4 is 0 Å². The van der Waals surface area contributed by atoms with E-state index in [1.54, 1.807) is 25.3 Å². The second kappa shape index (κ2) is 6.23. The molecule has 1 N–H and O–H groups in total. The van der Waals surface area contributed by atoms with Crippen LogP contribution in [0.2, 0.25) is 0 Å². The molecule has 1 aromatic heterocycles. The maximum absolute atomic E-state index is 11.4. The molecule has 2 unspecified atom stereocenters. The van der Waals surface area contributed by atoms with Gasteiger partial charge in [-0.1, -0.05) is 13.0 Å². The Morgan fingerprint density at radius 3 is 2.75 bits per heavy atom. The lowest BCUT2D eigenvalue weighted by Crippen LogP contribution is -2.30. The molecule has 0 aliphatic rings. The van der Waals surface area contributed by atoms with E-state index in [0.29, 0.717) is 12.1 Å². The van der Waals surface area contributed by atoms with Crippen LogP contribution in [0.5, 0.6) is 0 Å². The van der Waals surface area contributed by atoms with Gasteiger partial charge in [-0.2, -0.15) is 0 Å². The minimum Gasteiger partial charge on any atom is -0.464 e. The molecule has 0 aromatic carbocycles. The zero-order chi connectivity index (χ0) is 12.0. The third-order valence-corrected chi connectivity index (χ3v) is 2.42. The molecule has 16 heavy (non-hydrogen) atoms. The largest absolute Gasteiger partial charge is 0.464 e. The molecule has 0 amide bonds. The molecule has 0 saturated carbocycles. The van der Waals surface area contributed by atoms with E-state index in [-0.39, 0.29) is 12.5 Å². The van der Waals surface area contributed by atoms with E-state index in [2.05, 4.69) is 4.98 Å². The van der Waals surface area contributed by atoms with Crippen LogP contribution in [-0.2, 0) is 9.53 Å². The van der Waals surface area contributed by atoms with Crippen molar-refractivity contribution in [1.82, 2.24) is 4.98 Å². The first-order chi connectivity index (χ1) is 7.70. The fourth-order valence-corrected chi connectivity index (χ4v) is 1.58. The normalized spacial score (nSPS) is 14.2. The zero-order valence-corrected chi connectivity index (χ0v) is 9.59. The Bertz CT molecular complexity index is 326. The van der Waals surface area contributed by atoms with Crippen molar-refractivity contribution in [1.29, 1.82) is 0 Å². The van der Waals surface area contributed by atoms with Crippen molar-refractivity contribution in [2.45, 2.75) is 32.3 Å². The summed E-state index contributed by atoms with van der Waals surface area (Å²) in [5.74, 6) is -0.889. The van der Waals surface area contributed by atoms with Crippen molar-refractivity contribution in [3.8, 4) is 0 Å². The van der Waals surface area contributed by atoms with Crippen LogP contribution in [0.1, 0.15) is 31.9 Å². The van der Waals surface area contributed by atoms with Gasteiger partial charge in [-0.15, -0.1) is 0 Å². The molecule has 1 aromatic rings. The molecular formula is C12H17NO3. The van der Waals surface area contributed by atoms with Crippen LogP contribution in [0, 0.1) is 0 Å². The summed E-state index contributed by atoms with van der Waals surface area (Å²) in [4.78, 5) is 15.6. The van der Waals surface area contributed by atoms with Crippen LogP contribution in [0.25, 0.3) is 0 Å². The third kappa shape index (κ3) is 3.03. The van der Waals surface area contributed by atoms with Crippen LogP contribution in [0.3, 0.4) is 0 Å². The number of carbonyl (C=O) groups excluding carboxylic acids is 1. The highest BCUT2D eigenvalue weighted by Gasteiger charge is 2.27. The molecule has 2 atom stereocenters. The SMILES string of the molecule is CCOC(=O)C(O)C(CC)c1ccccn1. The van der Waals surface area contributed by atoms with Crippen molar-refractivity contribution in [3.05, 3.63) is 30.1 Å². The highest BCUT2D eigenvalue weighted by molar-refractivity contribution is 5.75. The average Bonchev–Trinajstić information content (AvgIpc) is 2.31. The average molecular weight is 223 g/mol. The Morgan fingerprint density at radius 2 is 2.25 bits per heavy atom. The van der Waals surface area contributed by atoms with Crippen LogP contribution in [-0.4, -0.2) is 28.8 Å². The summed E-state index contributed by atoms with van der Waals surface area (Å²) in [5.41, 5.74) is 0.713. The third-order valence-electron chi connectivity index (χ3n) is 2.42. The maximum atomic E-state index is 11.4. The zero-order valence-electron chi connectivity index (χ0n) is 9.59. The van der Waals surface area contributed by atoms with E-state index in [1.165, 1.54) is 0 Å². The Labute approximate surface area is 95.3 Å². The number of aliphatic hydroxyl groups excluding tert-OH is 1. The van der Waals surface area contributed by atoms with Crippen LogP contribution in [0.4, 0.5) is 0 Å². The van der Waals surface area contributed by atoms with E-state index in [1.807, 2.05) is 13.0 Å². The van der Waals surface area contributed by atoms with Gasteiger partial charge in [-0.05, 0) is 25.5 Å². The highest BCUT2D eigenvalue weighted by Crippen LogP contribution is 2.22. The molecule has 88 valence electrons. The number of carbonyl (C=O) groups is 1. The van der Waals surface area contributed by atoms with Gasteiger partial charge in [0.05, 0.1) is 6.61 Å². The summed E-state index contributed by atoms with van der Waals surface area (Å²) in [5, 5.41) is 9.85. The fourth-order valence-electron chi connectivity index (χ4n) is 1.58. The maximum Gasteiger partial charge on any atom is 0.335 e. The minimum absolute atomic E-state index is 0.272. The summed E-state index contributed by atoms with van der Waals surface area (Å²) in [6.07, 6.45) is 1.15. The van der Waals surface area contributed by atoms with Crippen molar-refractivity contribution in [3.63, 3.8) is 0 Å². The van der Waals surface area contributed by atoms with E-state index < -0.39 is 12.1 Å². The predicted octanol–water partition coefficient (Wildman–Crippen LogP) is 1.50. The Kier molecular flexibility index (Phi) is 4.92. The molecule has 1 rings (SSSR count). The van der Waals surface area contributed by atoms with Gasteiger partial charge >= 0.3 is 5.97 Å². The lowest BCUT2D eigenvalue weighted by atomic mass is 9.95. The molecule has 0 radical (unpaired) electrons. The number of nitrogens with zero attached hydrogens (tertiary/aromatic N) is 1. The van der Waals surface area contributed by atoms with Gasteiger partial charge in [-0.25, -0.2) is 4.79 Å². The Hall–Kier alpha value is -1.42. The number of pyridine rings is 1. The lowest BCUT2D eigenvalue weighted by Gasteiger charge is -2.19. The summed E-state index contributed by atoms with van der Waals surface area (Å²) in [7, 11) is 0. The van der Waals surface area contributed by atoms with Gasteiger partial charge < -0.3 is 9.84 Å². The summed E-state index contributed by atoms with van der Waals surface area (Å²) in [6.45, 7) is 3.89. The number of rotatable bonds is 5. The first kappa shape index (κ1) is 12.6. The molecule has 0 aliphatic carbocycles. The quantitative estimate of drug-likeness (QED) is 0.768. The van der Waals surface area contributed by atoms with Gasteiger partial charge in [0, 0.05) is 17.8 Å². The Morgan fingerprint density at radius 1 is 1.50 bits per heavy atom. The lowest BCUT2D eigenvalue weighted by molar-refractivity contribution is -0.154. The number of esters is 1. The van der Waals surface area contributed by atoms with Gasteiger partial charge in [0.2, 0.25) is 0 Å². The summed E-state index contributed by atoms with van der Waals surface area (Å²) >= 11 is 0. The second-order valence-electron chi connectivity index (χ2n) is 3.47. The number of aliphatic hydroxyl groups is 1. The molecule has 0 fully saturated rings.